The molecule has 0 saturated carbocycles. The number of hydrogen-bond acceptors (Lipinski definition) is 4. The van der Waals surface area contributed by atoms with Crippen molar-refractivity contribution in [1.29, 1.82) is 0 Å². The van der Waals surface area contributed by atoms with Crippen LogP contribution in [0.5, 0.6) is 0 Å². The van der Waals surface area contributed by atoms with Crippen molar-refractivity contribution in [2.24, 2.45) is 0 Å². The van der Waals surface area contributed by atoms with Gasteiger partial charge in [-0.3, -0.25) is 14.7 Å². The van der Waals surface area contributed by atoms with Crippen LogP contribution in [-0.4, -0.2) is 45.2 Å². The first-order chi connectivity index (χ1) is 13.6. The Morgan fingerprint density at radius 3 is 2.61 bits per heavy atom. The van der Waals surface area contributed by atoms with Crippen LogP contribution in [0.25, 0.3) is 5.69 Å². The lowest BCUT2D eigenvalue weighted by molar-refractivity contribution is -0.129. The number of amides is 1. The van der Waals surface area contributed by atoms with Gasteiger partial charge in [-0.25, -0.2) is 4.68 Å². The van der Waals surface area contributed by atoms with Crippen molar-refractivity contribution >= 4 is 5.91 Å². The highest BCUT2D eigenvalue weighted by Crippen LogP contribution is 2.30. The summed E-state index contributed by atoms with van der Waals surface area (Å²) in [7, 11) is 0. The van der Waals surface area contributed by atoms with Crippen LogP contribution in [0.1, 0.15) is 28.6 Å². The van der Waals surface area contributed by atoms with E-state index in [0.717, 1.165) is 42.1 Å². The Hall–Kier alpha value is -2.99. The molecule has 1 aliphatic rings. The molecule has 1 saturated heterocycles. The lowest BCUT2D eigenvalue weighted by Gasteiger charge is -2.35. The van der Waals surface area contributed by atoms with Gasteiger partial charge in [0, 0.05) is 43.3 Å². The van der Waals surface area contributed by atoms with Crippen molar-refractivity contribution < 1.29 is 4.79 Å². The molecule has 1 atom stereocenters. The fourth-order valence-electron chi connectivity index (χ4n) is 3.96. The molecule has 1 aliphatic heterocycles. The zero-order valence-corrected chi connectivity index (χ0v) is 16.3. The molecule has 1 fully saturated rings. The molecule has 0 spiro atoms. The summed E-state index contributed by atoms with van der Waals surface area (Å²) in [4.78, 5) is 19.2. The monoisotopic (exact) mass is 375 g/mol. The molecule has 1 unspecified atom stereocenters. The number of carbonyl (C=O) groups excluding carboxylic acids is 1. The van der Waals surface area contributed by atoms with Crippen LogP contribution < -0.4 is 5.32 Å². The Morgan fingerprint density at radius 2 is 1.86 bits per heavy atom. The van der Waals surface area contributed by atoms with Gasteiger partial charge in [-0.1, -0.05) is 18.2 Å². The summed E-state index contributed by atoms with van der Waals surface area (Å²) in [6, 6.07) is 13.8. The Kier molecular flexibility index (Phi) is 5.21. The second-order valence-electron chi connectivity index (χ2n) is 7.17. The van der Waals surface area contributed by atoms with Crippen LogP contribution in [0.4, 0.5) is 0 Å². The standard InChI is InChI=1S/C22H25N5O/c1-16-20(17(2)27(25-16)19-6-4-3-5-7-19)21-22(28)24-13-15-26(21)14-10-18-8-11-23-12-9-18/h3-9,11-12,21H,10,13-15H2,1-2H3,(H,24,28). The average Bonchev–Trinajstić information content (AvgIpc) is 3.02. The van der Waals surface area contributed by atoms with Gasteiger partial charge in [-0.2, -0.15) is 5.10 Å². The second kappa shape index (κ2) is 7.94. The molecule has 1 aromatic carbocycles. The van der Waals surface area contributed by atoms with Crippen LogP contribution >= 0.6 is 0 Å². The zero-order chi connectivity index (χ0) is 19.5. The molecule has 1 amide bonds. The molecule has 144 valence electrons. The largest absolute Gasteiger partial charge is 0.353 e. The van der Waals surface area contributed by atoms with E-state index in [1.165, 1.54) is 5.56 Å². The Balaban J connectivity index is 1.65. The molecule has 4 rings (SSSR count). The number of nitrogens with zero attached hydrogens (tertiary/aromatic N) is 4. The third kappa shape index (κ3) is 3.55. The first-order valence-electron chi connectivity index (χ1n) is 9.67. The molecule has 3 aromatic rings. The predicted molar refractivity (Wildman–Crippen MR) is 108 cm³/mol. The molecule has 0 radical (unpaired) electrons. The minimum atomic E-state index is -0.312. The number of pyridine rings is 1. The van der Waals surface area contributed by atoms with Gasteiger partial charge in [0.25, 0.3) is 0 Å². The fourth-order valence-corrected chi connectivity index (χ4v) is 3.96. The summed E-state index contributed by atoms with van der Waals surface area (Å²) in [6.45, 7) is 6.36. The van der Waals surface area contributed by atoms with Gasteiger partial charge in [0.1, 0.15) is 6.04 Å². The molecular weight excluding hydrogens is 350 g/mol. The van der Waals surface area contributed by atoms with Gasteiger partial charge >= 0.3 is 0 Å². The first kappa shape index (κ1) is 18.4. The van der Waals surface area contributed by atoms with Crippen molar-refractivity contribution in [2.45, 2.75) is 26.3 Å². The molecule has 1 N–H and O–H groups in total. The van der Waals surface area contributed by atoms with Crippen LogP contribution in [0.15, 0.2) is 54.9 Å². The van der Waals surface area contributed by atoms with E-state index in [9.17, 15) is 4.79 Å². The smallest absolute Gasteiger partial charge is 0.242 e. The Labute approximate surface area is 165 Å². The molecular formula is C22H25N5O. The first-order valence-corrected chi connectivity index (χ1v) is 9.67. The SMILES string of the molecule is Cc1nn(-c2ccccc2)c(C)c1C1C(=O)NCCN1CCc1ccncc1. The summed E-state index contributed by atoms with van der Waals surface area (Å²) >= 11 is 0. The molecule has 0 bridgehead atoms. The Bertz CT molecular complexity index is 952. The van der Waals surface area contributed by atoms with Crippen LogP contribution in [0.3, 0.4) is 0 Å². The second-order valence-corrected chi connectivity index (χ2v) is 7.17. The van der Waals surface area contributed by atoms with Gasteiger partial charge < -0.3 is 5.32 Å². The minimum Gasteiger partial charge on any atom is -0.353 e. The normalized spacial score (nSPS) is 17.5. The van der Waals surface area contributed by atoms with E-state index < -0.39 is 0 Å². The van der Waals surface area contributed by atoms with Crippen LogP contribution in [0.2, 0.25) is 0 Å². The number of para-hydroxylation sites is 1. The Morgan fingerprint density at radius 1 is 1.11 bits per heavy atom. The van der Waals surface area contributed by atoms with Gasteiger partial charge in [0.2, 0.25) is 5.91 Å². The molecule has 28 heavy (non-hydrogen) atoms. The maximum atomic E-state index is 12.9. The van der Waals surface area contributed by atoms with E-state index >= 15 is 0 Å². The molecule has 6 heteroatoms. The van der Waals surface area contributed by atoms with E-state index in [1.807, 2.05) is 73.4 Å². The third-order valence-corrected chi connectivity index (χ3v) is 5.37. The molecule has 3 heterocycles. The number of aryl methyl sites for hydroxylation is 1. The summed E-state index contributed by atoms with van der Waals surface area (Å²) in [5.74, 6) is 0.0554. The van der Waals surface area contributed by atoms with E-state index in [0.29, 0.717) is 6.54 Å². The van der Waals surface area contributed by atoms with E-state index in [2.05, 4.69) is 15.2 Å². The molecule has 2 aromatic heterocycles. The van der Waals surface area contributed by atoms with E-state index in [-0.39, 0.29) is 11.9 Å². The number of hydrogen-bond donors (Lipinski definition) is 1. The summed E-state index contributed by atoms with van der Waals surface area (Å²) in [6.07, 6.45) is 4.51. The summed E-state index contributed by atoms with van der Waals surface area (Å²) in [5.41, 5.74) is 5.16. The van der Waals surface area contributed by atoms with Gasteiger partial charge in [-0.05, 0) is 50.1 Å². The van der Waals surface area contributed by atoms with Gasteiger partial charge in [-0.15, -0.1) is 0 Å². The van der Waals surface area contributed by atoms with Crippen molar-refractivity contribution in [3.8, 4) is 5.69 Å². The van der Waals surface area contributed by atoms with Crippen molar-refractivity contribution in [2.75, 3.05) is 19.6 Å². The zero-order valence-electron chi connectivity index (χ0n) is 16.3. The lowest BCUT2D eigenvalue weighted by atomic mass is 9.99. The highest BCUT2D eigenvalue weighted by molar-refractivity contribution is 5.84. The number of rotatable bonds is 5. The number of aromatic nitrogens is 3. The summed E-state index contributed by atoms with van der Waals surface area (Å²) in [5, 5.41) is 7.78. The third-order valence-electron chi connectivity index (χ3n) is 5.37. The highest BCUT2D eigenvalue weighted by Gasteiger charge is 2.35. The van der Waals surface area contributed by atoms with E-state index in [1.54, 1.807) is 0 Å². The van der Waals surface area contributed by atoms with Crippen molar-refractivity contribution in [3.63, 3.8) is 0 Å². The fraction of sp³-hybridized carbons (Fsp3) is 0.318. The average molecular weight is 375 g/mol. The minimum absolute atomic E-state index is 0.0554. The number of nitrogens with one attached hydrogen (secondary N) is 1. The van der Waals surface area contributed by atoms with Crippen molar-refractivity contribution in [1.82, 2.24) is 25.0 Å². The van der Waals surface area contributed by atoms with Gasteiger partial charge in [0.05, 0.1) is 11.4 Å². The summed E-state index contributed by atoms with van der Waals surface area (Å²) < 4.78 is 1.94. The maximum absolute atomic E-state index is 12.9. The van der Waals surface area contributed by atoms with E-state index in [4.69, 9.17) is 5.10 Å². The van der Waals surface area contributed by atoms with Crippen molar-refractivity contribution in [3.05, 3.63) is 77.4 Å². The quantitative estimate of drug-likeness (QED) is 0.745. The maximum Gasteiger partial charge on any atom is 0.242 e. The molecule has 0 aliphatic carbocycles. The predicted octanol–water partition coefficient (Wildman–Crippen LogP) is 2.60. The van der Waals surface area contributed by atoms with Gasteiger partial charge in [0.15, 0.2) is 0 Å². The number of benzene rings is 1. The highest BCUT2D eigenvalue weighted by atomic mass is 16.2. The number of piperazine rings is 1. The lowest BCUT2D eigenvalue weighted by Crippen LogP contribution is -2.50. The van der Waals surface area contributed by atoms with Crippen LogP contribution in [-0.2, 0) is 11.2 Å². The number of carbonyl (C=O) groups is 1. The molecule has 6 nitrogen and oxygen atoms in total. The topological polar surface area (TPSA) is 63.1 Å². The van der Waals surface area contributed by atoms with Crippen LogP contribution in [0, 0.1) is 13.8 Å².